The van der Waals surface area contributed by atoms with Crippen LogP contribution in [0.3, 0.4) is 0 Å². The van der Waals surface area contributed by atoms with Crippen molar-refractivity contribution in [2.75, 3.05) is 24.5 Å². The number of nitrogens with zero attached hydrogens (tertiary/aromatic N) is 2. The van der Waals surface area contributed by atoms with Crippen molar-refractivity contribution in [3.05, 3.63) is 57.9 Å². The summed E-state index contributed by atoms with van der Waals surface area (Å²) >= 11 is 0. The van der Waals surface area contributed by atoms with E-state index < -0.39 is 0 Å². The zero-order valence-electron chi connectivity index (χ0n) is 18.9. The van der Waals surface area contributed by atoms with Gasteiger partial charge in [0.1, 0.15) is 5.82 Å². The second kappa shape index (κ2) is 12.5. The Kier molecular flexibility index (Phi) is 10.0. The molecule has 0 radical (unpaired) electrons. The second-order valence-corrected chi connectivity index (χ2v) is 7.59. The largest absolute Gasteiger partial charge is 0.352 e. The highest BCUT2D eigenvalue weighted by molar-refractivity contribution is 5.36. The maximum absolute atomic E-state index is 13.0. The molecule has 0 spiro atoms. The highest BCUT2D eigenvalue weighted by Crippen LogP contribution is 2.40. The summed E-state index contributed by atoms with van der Waals surface area (Å²) in [6.07, 6.45) is 6.62. The predicted octanol–water partition coefficient (Wildman–Crippen LogP) is 5.13. The fraction of sp³-hybridized carbons (Fsp3) is 0.583. The minimum Gasteiger partial charge on any atom is -0.352 e. The van der Waals surface area contributed by atoms with Crippen molar-refractivity contribution < 1.29 is 7.24 Å². The average molecular weight is 421 g/mol. The lowest BCUT2D eigenvalue weighted by Gasteiger charge is -2.21. The van der Waals surface area contributed by atoms with E-state index in [4.69, 9.17) is 0 Å². The summed E-state index contributed by atoms with van der Waals surface area (Å²) in [5.74, 6) is 0.862. The number of benzene rings is 1. The molecule has 1 aliphatic rings. The van der Waals surface area contributed by atoms with Gasteiger partial charge < -0.3 is 15.2 Å². The SMILES string of the molecule is CC.CCCN(CCC)c1nc(CCCN[C@@H]2C[C@H]2c2ccc(F)cc2)c[nH]c1=O.[HH].[HH]. The molecule has 1 fully saturated rings. The van der Waals surface area contributed by atoms with E-state index in [0.717, 1.165) is 57.4 Å². The van der Waals surface area contributed by atoms with E-state index in [1.807, 2.05) is 26.0 Å². The number of H-pyrrole nitrogens is 1. The number of aromatic amines is 1. The average Bonchev–Trinajstić information content (AvgIpc) is 3.54. The number of anilines is 1. The maximum Gasteiger partial charge on any atom is 0.290 e. The van der Waals surface area contributed by atoms with Crippen molar-refractivity contribution in [1.82, 2.24) is 15.3 Å². The fourth-order valence-corrected chi connectivity index (χ4v) is 3.69. The van der Waals surface area contributed by atoms with Gasteiger partial charge in [-0.3, -0.25) is 4.79 Å². The number of rotatable bonds is 11. The molecule has 2 aromatic rings. The number of hydrogen-bond acceptors (Lipinski definition) is 4. The molecule has 0 amide bonds. The molecule has 0 aliphatic heterocycles. The van der Waals surface area contributed by atoms with Crippen LogP contribution < -0.4 is 15.8 Å². The molecule has 5 nitrogen and oxygen atoms in total. The summed E-state index contributed by atoms with van der Waals surface area (Å²) in [6, 6.07) is 7.31. The van der Waals surface area contributed by atoms with Gasteiger partial charge >= 0.3 is 0 Å². The molecule has 0 bridgehead atoms. The van der Waals surface area contributed by atoms with Crippen molar-refractivity contribution >= 4 is 5.82 Å². The number of aromatic nitrogens is 2. The lowest BCUT2D eigenvalue weighted by atomic mass is 10.1. The number of nitrogens with one attached hydrogen (secondary N) is 2. The Balaban J connectivity index is 0.00000234. The van der Waals surface area contributed by atoms with E-state index >= 15 is 0 Å². The van der Waals surface area contributed by atoms with E-state index in [-0.39, 0.29) is 14.2 Å². The van der Waals surface area contributed by atoms with Gasteiger partial charge in [-0.2, -0.15) is 0 Å². The van der Waals surface area contributed by atoms with Gasteiger partial charge in [0, 0.05) is 34.1 Å². The topological polar surface area (TPSA) is 61.0 Å². The van der Waals surface area contributed by atoms with Gasteiger partial charge in [0.05, 0.1) is 5.69 Å². The monoisotopic (exact) mass is 420 g/mol. The van der Waals surface area contributed by atoms with Gasteiger partial charge in [-0.25, -0.2) is 9.37 Å². The molecule has 1 aliphatic carbocycles. The van der Waals surface area contributed by atoms with Crippen molar-refractivity contribution in [1.29, 1.82) is 0 Å². The zero-order chi connectivity index (χ0) is 21.9. The van der Waals surface area contributed by atoms with Gasteiger partial charge in [-0.1, -0.05) is 39.8 Å². The van der Waals surface area contributed by atoms with Crippen LogP contribution in [-0.2, 0) is 6.42 Å². The predicted molar refractivity (Wildman–Crippen MR) is 127 cm³/mol. The van der Waals surface area contributed by atoms with Gasteiger partial charge in [0.25, 0.3) is 5.56 Å². The molecular weight excluding hydrogens is 379 g/mol. The quantitative estimate of drug-likeness (QED) is 0.495. The first-order chi connectivity index (χ1) is 14.6. The molecule has 1 aromatic carbocycles. The molecule has 2 atom stereocenters. The van der Waals surface area contributed by atoms with Gasteiger partial charge in [0.15, 0.2) is 5.82 Å². The number of aryl methyl sites for hydroxylation is 1. The van der Waals surface area contributed by atoms with Crippen LogP contribution in [0.4, 0.5) is 10.2 Å². The highest BCUT2D eigenvalue weighted by atomic mass is 19.1. The normalized spacial score (nSPS) is 17.2. The van der Waals surface area contributed by atoms with E-state index in [2.05, 4.69) is 34.0 Å². The number of halogens is 1. The second-order valence-electron chi connectivity index (χ2n) is 7.59. The summed E-state index contributed by atoms with van der Waals surface area (Å²) in [4.78, 5) is 21.7. The highest BCUT2D eigenvalue weighted by Gasteiger charge is 2.37. The summed E-state index contributed by atoms with van der Waals surface area (Å²) in [5, 5.41) is 3.58. The Hall–Kier alpha value is -2.21. The third-order valence-corrected chi connectivity index (χ3v) is 5.21. The Morgan fingerprint density at radius 2 is 1.87 bits per heavy atom. The third-order valence-electron chi connectivity index (χ3n) is 5.21. The standard InChI is InChI=1S/C22H31FN4O.C2H6.2H2/c1-3-12-27(13-4-2)21-22(28)25-15-18(26-21)6-5-11-24-20-14-19(20)16-7-9-17(23)10-8-16;1-2;;/h7-10,15,19-20,24H,3-6,11-14H2,1-2H3,(H,25,28);1-2H3;2*1H/t19-,20+;;;/m0.../s1. The van der Waals surface area contributed by atoms with Crippen molar-refractivity contribution in [3.8, 4) is 0 Å². The molecule has 1 aromatic heterocycles. The minimum absolute atomic E-state index is 0. The Morgan fingerprint density at radius 1 is 1.20 bits per heavy atom. The van der Waals surface area contributed by atoms with Crippen molar-refractivity contribution in [3.63, 3.8) is 0 Å². The van der Waals surface area contributed by atoms with Gasteiger partial charge in [-0.05, 0) is 56.3 Å². The van der Waals surface area contributed by atoms with E-state index in [1.54, 1.807) is 6.20 Å². The number of hydrogen-bond donors (Lipinski definition) is 2. The Labute approximate surface area is 183 Å². The summed E-state index contributed by atoms with van der Waals surface area (Å²) in [5.41, 5.74) is 2.03. The molecular formula is C24H41FN4O. The minimum atomic E-state index is -0.182. The first-order valence-electron chi connectivity index (χ1n) is 11.4. The van der Waals surface area contributed by atoms with Gasteiger partial charge in [-0.15, -0.1) is 0 Å². The molecule has 2 N–H and O–H groups in total. The van der Waals surface area contributed by atoms with Crippen LogP contribution in [0.1, 0.15) is 73.4 Å². The van der Waals surface area contributed by atoms with Crippen LogP contribution in [-0.4, -0.2) is 35.6 Å². The van der Waals surface area contributed by atoms with Crippen LogP contribution in [0.25, 0.3) is 0 Å². The zero-order valence-corrected chi connectivity index (χ0v) is 18.9. The fourth-order valence-electron chi connectivity index (χ4n) is 3.69. The lowest BCUT2D eigenvalue weighted by Crippen LogP contribution is -2.32. The maximum atomic E-state index is 13.0. The van der Waals surface area contributed by atoms with Crippen molar-refractivity contribution in [2.45, 2.75) is 71.8 Å². The third kappa shape index (κ3) is 6.94. The van der Waals surface area contributed by atoms with E-state index in [9.17, 15) is 9.18 Å². The smallest absolute Gasteiger partial charge is 0.290 e. The first kappa shape index (κ1) is 24.1. The molecule has 1 saturated carbocycles. The molecule has 6 heteroatoms. The summed E-state index contributed by atoms with van der Waals surface area (Å²) in [7, 11) is 0. The molecule has 30 heavy (non-hydrogen) atoms. The Morgan fingerprint density at radius 3 is 2.50 bits per heavy atom. The lowest BCUT2D eigenvalue weighted by molar-refractivity contribution is 0.622. The van der Waals surface area contributed by atoms with Crippen molar-refractivity contribution in [2.24, 2.45) is 0 Å². The van der Waals surface area contributed by atoms with E-state index in [0.29, 0.717) is 17.8 Å². The molecule has 1 heterocycles. The van der Waals surface area contributed by atoms with Crippen LogP contribution in [0.5, 0.6) is 0 Å². The summed E-state index contributed by atoms with van der Waals surface area (Å²) < 4.78 is 13.0. The molecule has 170 valence electrons. The summed E-state index contributed by atoms with van der Waals surface area (Å²) in [6.45, 7) is 10.8. The molecule has 0 unspecified atom stereocenters. The first-order valence-corrected chi connectivity index (χ1v) is 11.4. The Bertz CT molecular complexity index is 810. The van der Waals surface area contributed by atoms with Crippen LogP contribution >= 0.6 is 0 Å². The van der Waals surface area contributed by atoms with Crippen LogP contribution in [0.2, 0.25) is 0 Å². The van der Waals surface area contributed by atoms with Crippen LogP contribution in [0, 0.1) is 5.82 Å². The van der Waals surface area contributed by atoms with Gasteiger partial charge in [0.2, 0.25) is 0 Å². The molecule has 3 rings (SSSR count). The van der Waals surface area contributed by atoms with Crippen LogP contribution in [0.15, 0.2) is 35.3 Å². The molecule has 0 saturated heterocycles. The van der Waals surface area contributed by atoms with E-state index in [1.165, 1.54) is 17.7 Å².